The van der Waals surface area contributed by atoms with Crippen LogP contribution in [0.5, 0.6) is 0 Å². The van der Waals surface area contributed by atoms with Crippen LogP contribution in [0.15, 0.2) is 30.3 Å². The number of amides is 2. The van der Waals surface area contributed by atoms with Crippen molar-refractivity contribution in [2.45, 2.75) is 58.3 Å². The van der Waals surface area contributed by atoms with Gasteiger partial charge in [0.2, 0.25) is 0 Å². The van der Waals surface area contributed by atoms with Crippen LogP contribution in [0.1, 0.15) is 45.6 Å². The van der Waals surface area contributed by atoms with Crippen molar-refractivity contribution in [2.75, 3.05) is 32.7 Å². The van der Waals surface area contributed by atoms with Gasteiger partial charge in [0.1, 0.15) is 12.2 Å². The Hall–Kier alpha value is -2.28. The van der Waals surface area contributed by atoms with Crippen LogP contribution in [0, 0.1) is 5.92 Å². The number of hydrogen-bond acceptors (Lipinski definition) is 5. The normalized spacial score (nSPS) is 20.8. The van der Waals surface area contributed by atoms with Crippen LogP contribution in [-0.2, 0) is 16.1 Å². The summed E-state index contributed by atoms with van der Waals surface area (Å²) in [7, 11) is 0. The van der Waals surface area contributed by atoms with Crippen LogP contribution < -0.4 is 5.32 Å². The lowest BCUT2D eigenvalue weighted by atomic mass is 10.0. The maximum Gasteiger partial charge on any atom is 0.410 e. The molecule has 3 rings (SSSR count). The Kier molecular flexibility index (Phi) is 7.58. The van der Waals surface area contributed by atoms with Crippen molar-refractivity contribution in [1.82, 2.24) is 15.1 Å². The molecule has 0 spiro atoms. The maximum absolute atomic E-state index is 12.2. The number of likely N-dealkylation sites (tertiary alicyclic amines) is 2. The number of nitrogens with zero attached hydrogens (tertiary/aromatic N) is 2. The number of hydrogen-bond donors (Lipinski definition) is 1. The standard InChI is InChI=1S/C23H35N3O4/c1-23(2,3)30-22(28)26-14-9-19(16-26)15-25-12-10-20(11-13-25)24-21(27)29-17-18-7-5-4-6-8-18/h4-8,19-20H,9-17H2,1-3H3,(H,24,27)/t19-/m0/s1. The Morgan fingerprint density at radius 3 is 2.43 bits per heavy atom. The van der Waals surface area contributed by atoms with E-state index >= 15 is 0 Å². The van der Waals surface area contributed by atoms with Crippen LogP contribution in [0.25, 0.3) is 0 Å². The molecular weight excluding hydrogens is 382 g/mol. The number of alkyl carbamates (subject to hydrolysis) is 1. The first-order chi connectivity index (χ1) is 14.3. The molecule has 2 heterocycles. The van der Waals surface area contributed by atoms with Gasteiger partial charge in [0.15, 0.2) is 0 Å². The van der Waals surface area contributed by atoms with Crippen LogP contribution in [0.3, 0.4) is 0 Å². The first-order valence-corrected chi connectivity index (χ1v) is 11.0. The minimum Gasteiger partial charge on any atom is -0.445 e. The van der Waals surface area contributed by atoms with E-state index in [2.05, 4.69) is 10.2 Å². The number of benzene rings is 1. The zero-order valence-corrected chi connectivity index (χ0v) is 18.4. The molecule has 0 aliphatic carbocycles. The Morgan fingerprint density at radius 1 is 1.07 bits per heavy atom. The second-order valence-corrected chi connectivity index (χ2v) is 9.36. The number of rotatable bonds is 5. The zero-order valence-electron chi connectivity index (χ0n) is 18.4. The van der Waals surface area contributed by atoms with Crippen molar-refractivity contribution in [2.24, 2.45) is 5.92 Å². The van der Waals surface area contributed by atoms with Crippen LogP contribution >= 0.6 is 0 Å². The fourth-order valence-corrected chi connectivity index (χ4v) is 4.03. The summed E-state index contributed by atoms with van der Waals surface area (Å²) in [5.74, 6) is 0.484. The summed E-state index contributed by atoms with van der Waals surface area (Å²) in [6, 6.07) is 9.86. The number of carbonyl (C=O) groups excluding carboxylic acids is 2. The average molecular weight is 418 g/mol. The molecule has 1 aromatic carbocycles. The van der Waals surface area contributed by atoms with Gasteiger partial charge in [-0.25, -0.2) is 9.59 Å². The van der Waals surface area contributed by atoms with E-state index in [4.69, 9.17) is 9.47 Å². The maximum atomic E-state index is 12.2. The lowest BCUT2D eigenvalue weighted by Crippen LogP contribution is -2.46. The van der Waals surface area contributed by atoms with Crippen molar-refractivity contribution in [3.8, 4) is 0 Å². The van der Waals surface area contributed by atoms with Gasteiger partial charge in [0, 0.05) is 38.8 Å². The third kappa shape index (κ3) is 7.20. The SMILES string of the molecule is CC(C)(C)OC(=O)N1CC[C@@H](CN2CCC(NC(=O)OCc3ccccc3)CC2)C1. The van der Waals surface area contributed by atoms with Crippen LogP contribution in [0.4, 0.5) is 9.59 Å². The number of ether oxygens (including phenoxy) is 2. The van der Waals surface area contributed by atoms with E-state index in [-0.39, 0.29) is 18.2 Å². The lowest BCUT2D eigenvalue weighted by Gasteiger charge is -2.33. The molecule has 1 atom stereocenters. The van der Waals surface area contributed by atoms with Crippen molar-refractivity contribution >= 4 is 12.2 Å². The summed E-state index contributed by atoms with van der Waals surface area (Å²) in [4.78, 5) is 28.5. The summed E-state index contributed by atoms with van der Waals surface area (Å²) in [6.07, 6.45) is 2.30. The molecule has 0 saturated carbocycles. The molecule has 1 N–H and O–H groups in total. The second-order valence-electron chi connectivity index (χ2n) is 9.36. The molecule has 2 aliphatic heterocycles. The van der Waals surface area contributed by atoms with Gasteiger partial charge in [-0.3, -0.25) is 0 Å². The molecule has 2 aliphatic rings. The highest BCUT2D eigenvalue weighted by molar-refractivity contribution is 5.68. The molecule has 2 fully saturated rings. The third-order valence-corrected chi connectivity index (χ3v) is 5.58. The molecule has 0 bridgehead atoms. The highest BCUT2D eigenvalue weighted by Gasteiger charge is 2.31. The molecule has 2 saturated heterocycles. The van der Waals surface area contributed by atoms with Gasteiger partial charge in [-0.2, -0.15) is 0 Å². The van der Waals surface area contributed by atoms with E-state index in [1.807, 2.05) is 56.0 Å². The molecule has 7 nitrogen and oxygen atoms in total. The number of piperidine rings is 1. The molecule has 0 radical (unpaired) electrons. The van der Waals surface area contributed by atoms with Gasteiger partial charge in [-0.15, -0.1) is 0 Å². The fourth-order valence-electron chi connectivity index (χ4n) is 4.03. The van der Waals surface area contributed by atoms with Crippen molar-refractivity contribution < 1.29 is 19.1 Å². The van der Waals surface area contributed by atoms with Crippen molar-refractivity contribution in [3.63, 3.8) is 0 Å². The Bertz CT molecular complexity index is 696. The van der Waals surface area contributed by atoms with E-state index in [1.165, 1.54) is 0 Å². The summed E-state index contributed by atoms with van der Waals surface area (Å²) in [5.41, 5.74) is 0.534. The van der Waals surface area contributed by atoms with E-state index < -0.39 is 5.60 Å². The third-order valence-electron chi connectivity index (χ3n) is 5.58. The van der Waals surface area contributed by atoms with Crippen LogP contribution in [0.2, 0.25) is 0 Å². The Labute approximate surface area is 179 Å². The summed E-state index contributed by atoms with van der Waals surface area (Å²) >= 11 is 0. The molecule has 1 aromatic rings. The minimum absolute atomic E-state index is 0.159. The lowest BCUT2D eigenvalue weighted by molar-refractivity contribution is 0.0284. The van der Waals surface area contributed by atoms with Gasteiger partial charge in [0.05, 0.1) is 0 Å². The fraction of sp³-hybridized carbons (Fsp3) is 0.652. The van der Waals surface area contributed by atoms with Gasteiger partial charge >= 0.3 is 12.2 Å². The number of nitrogens with one attached hydrogen (secondary N) is 1. The second kappa shape index (κ2) is 10.2. The van der Waals surface area contributed by atoms with Crippen molar-refractivity contribution in [3.05, 3.63) is 35.9 Å². The summed E-state index contributed by atoms with van der Waals surface area (Å²) in [6.45, 7) is 10.4. The molecule has 2 amide bonds. The summed E-state index contributed by atoms with van der Waals surface area (Å²) < 4.78 is 10.8. The molecule has 7 heteroatoms. The molecule has 166 valence electrons. The first-order valence-electron chi connectivity index (χ1n) is 11.0. The average Bonchev–Trinajstić information content (AvgIpc) is 3.16. The minimum atomic E-state index is -0.452. The zero-order chi connectivity index (χ0) is 21.6. The van der Waals surface area contributed by atoms with E-state index in [0.717, 1.165) is 57.5 Å². The highest BCUT2D eigenvalue weighted by Crippen LogP contribution is 2.22. The van der Waals surface area contributed by atoms with Gasteiger partial charge in [-0.1, -0.05) is 30.3 Å². The first kappa shape index (κ1) is 22.4. The predicted molar refractivity (Wildman–Crippen MR) is 115 cm³/mol. The topological polar surface area (TPSA) is 71.1 Å². The van der Waals surface area contributed by atoms with E-state index in [9.17, 15) is 9.59 Å². The smallest absolute Gasteiger partial charge is 0.410 e. The van der Waals surface area contributed by atoms with Crippen molar-refractivity contribution in [1.29, 1.82) is 0 Å². The largest absolute Gasteiger partial charge is 0.445 e. The monoisotopic (exact) mass is 417 g/mol. The van der Waals surface area contributed by atoms with Gasteiger partial charge in [-0.05, 0) is 51.5 Å². The van der Waals surface area contributed by atoms with Gasteiger partial charge in [0.25, 0.3) is 0 Å². The Balaban J connectivity index is 1.32. The quantitative estimate of drug-likeness (QED) is 0.792. The molecule has 0 aromatic heterocycles. The molecule has 0 unspecified atom stereocenters. The Morgan fingerprint density at radius 2 is 1.77 bits per heavy atom. The van der Waals surface area contributed by atoms with Crippen LogP contribution in [-0.4, -0.2) is 66.4 Å². The number of carbonyl (C=O) groups is 2. The van der Waals surface area contributed by atoms with E-state index in [0.29, 0.717) is 12.5 Å². The highest BCUT2D eigenvalue weighted by atomic mass is 16.6. The summed E-state index contributed by atoms with van der Waals surface area (Å²) in [5, 5.41) is 2.99. The van der Waals surface area contributed by atoms with Gasteiger partial charge < -0.3 is 24.6 Å². The predicted octanol–water partition coefficient (Wildman–Crippen LogP) is 3.63. The molecular formula is C23H35N3O4. The molecule has 30 heavy (non-hydrogen) atoms. The van der Waals surface area contributed by atoms with E-state index in [1.54, 1.807) is 0 Å².